The lowest BCUT2D eigenvalue weighted by atomic mass is 11.8. The Kier molecular flexibility index (Phi) is 4.68. The molecular formula is C14H42Si7. The van der Waals surface area contributed by atoms with Gasteiger partial charge in [-0.15, -0.1) is 0 Å². The van der Waals surface area contributed by atoms with Crippen molar-refractivity contribution in [3.8, 4) is 0 Å². The average molecular weight is 407 g/mol. The highest BCUT2D eigenvalue weighted by Crippen LogP contribution is 2.57. The molecule has 0 atom stereocenters. The summed E-state index contributed by atoms with van der Waals surface area (Å²) in [5, 5.41) is 0. The molecule has 0 aromatic carbocycles. The van der Waals surface area contributed by atoms with Crippen molar-refractivity contribution in [1.82, 2.24) is 0 Å². The van der Waals surface area contributed by atoms with Gasteiger partial charge in [0.1, 0.15) is 0 Å². The highest BCUT2D eigenvalue weighted by Gasteiger charge is 2.84. The number of rotatable bonds is 2. The Morgan fingerprint density at radius 3 is 0.667 bits per heavy atom. The van der Waals surface area contributed by atoms with Crippen LogP contribution in [0.25, 0.3) is 0 Å². The third-order valence-electron chi connectivity index (χ3n) is 8.81. The predicted molar refractivity (Wildman–Crippen MR) is 122 cm³/mol. The van der Waals surface area contributed by atoms with Gasteiger partial charge in [-0.2, -0.15) is 0 Å². The van der Waals surface area contributed by atoms with E-state index in [2.05, 4.69) is 91.7 Å². The monoisotopic (exact) mass is 406 g/mol. The Balaban J connectivity index is 4.06. The first-order valence-corrected chi connectivity index (χ1v) is 36.8. The van der Waals surface area contributed by atoms with Crippen LogP contribution in [0.4, 0.5) is 0 Å². The Morgan fingerprint density at radius 1 is 0.381 bits per heavy atom. The molecule has 1 rings (SSSR count). The van der Waals surface area contributed by atoms with Crippen LogP contribution in [0.1, 0.15) is 0 Å². The standard InChI is InChI=1S/C14H42Si7/c1-15(2,3)21(16(4,5)6)19(11,12)17(7,8)18(9,10)20(21,13)14/h1-14H3. The number of hydrogen-bond acceptors (Lipinski definition) is 0. The maximum absolute atomic E-state index is 2.94. The maximum Gasteiger partial charge on any atom is 0.0308 e. The Labute approximate surface area is 141 Å². The van der Waals surface area contributed by atoms with Crippen LogP contribution in [0.5, 0.6) is 0 Å². The Morgan fingerprint density at radius 2 is 0.571 bits per heavy atom. The molecule has 1 saturated heterocycles. The van der Waals surface area contributed by atoms with E-state index in [1.807, 2.05) is 0 Å². The summed E-state index contributed by atoms with van der Waals surface area (Å²) in [6, 6.07) is 0. The second-order valence-electron chi connectivity index (χ2n) is 11.8. The first kappa shape index (κ1) is 20.6. The molecule has 126 valence electrons. The smallest absolute Gasteiger partial charge is 0.0308 e. The molecule has 1 fully saturated rings. The van der Waals surface area contributed by atoms with Crippen molar-refractivity contribution in [3.63, 3.8) is 0 Å². The molecule has 7 heteroatoms. The molecular weight excluding hydrogens is 365 g/mol. The molecule has 0 radical (unpaired) electrons. The third kappa shape index (κ3) is 1.97. The molecule has 0 unspecified atom stereocenters. The van der Waals surface area contributed by atoms with Crippen molar-refractivity contribution < 1.29 is 0 Å². The van der Waals surface area contributed by atoms with Crippen LogP contribution in [0.15, 0.2) is 0 Å². The van der Waals surface area contributed by atoms with Crippen molar-refractivity contribution in [3.05, 3.63) is 0 Å². The van der Waals surface area contributed by atoms with Gasteiger partial charge in [0, 0.05) is 49.8 Å². The Hall–Kier alpha value is 1.52. The molecule has 1 aliphatic rings. The second kappa shape index (κ2) is 4.78. The summed E-state index contributed by atoms with van der Waals surface area (Å²) in [4.78, 5) is 0. The first-order chi connectivity index (χ1) is 8.75. The van der Waals surface area contributed by atoms with Crippen molar-refractivity contribution >= 4 is 49.8 Å². The van der Waals surface area contributed by atoms with Gasteiger partial charge in [0.25, 0.3) is 0 Å². The fourth-order valence-corrected chi connectivity index (χ4v) is 402. The van der Waals surface area contributed by atoms with Crippen LogP contribution in [0.3, 0.4) is 0 Å². The van der Waals surface area contributed by atoms with E-state index in [1.165, 1.54) is 0 Å². The minimum Gasteiger partial charge on any atom is -0.0739 e. The molecule has 21 heavy (non-hydrogen) atoms. The maximum atomic E-state index is 2.94. The van der Waals surface area contributed by atoms with Crippen molar-refractivity contribution in [2.45, 2.75) is 91.7 Å². The lowest BCUT2D eigenvalue weighted by Gasteiger charge is -2.63. The molecule has 0 bridgehead atoms. The van der Waals surface area contributed by atoms with Crippen LogP contribution in [0, 0.1) is 0 Å². The lowest BCUT2D eigenvalue weighted by molar-refractivity contribution is 1.77. The van der Waals surface area contributed by atoms with Gasteiger partial charge in [0.05, 0.1) is 0 Å². The van der Waals surface area contributed by atoms with Gasteiger partial charge >= 0.3 is 0 Å². The van der Waals surface area contributed by atoms with E-state index in [4.69, 9.17) is 0 Å². The van der Waals surface area contributed by atoms with Gasteiger partial charge in [-0.1, -0.05) is 91.7 Å². The fraction of sp³-hybridized carbons (Fsp3) is 1.00. The van der Waals surface area contributed by atoms with Crippen molar-refractivity contribution in [2.75, 3.05) is 0 Å². The van der Waals surface area contributed by atoms with Crippen LogP contribution < -0.4 is 0 Å². The normalized spacial score (nSPS) is 29.4. The SMILES string of the molecule is C[Si](C)(C)[Si]1([Si](C)(C)C)[Si](C)(C)[Si](C)(C)[Si](C)(C)[Si]1(C)C. The lowest BCUT2D eigenvalue weighted by Crippen LogP contribution is -2.92. The zero-order valence-electron chi connectivity index (χ0n) is 17.5. The predicted octanol–water partition coefficient (Wildman–Crippen LogP) is 5.51. The minimum absolute atomic E-state index is 1.02. The zero-order valence-corrected chi connectivity index (χ0v) is 24.5. The van der Waals surface area contributed by atoms with Gasteiger partial charge < -0.3 is 0 Å². The van der Waals surface area contributed by atoms with Crippen molar-refractivity contribution in [1.29, 1.82) is 0 Å². The van der Waals surface area contributed by atoms with Crippen LogP contribution in [0.2, 0.25) is 91.7 Å². The van der Waals surface area contributed by atoms with Crippen LogP contribution >= 0.6 is 0 Å². The zero-order chi connectivity index (χ0) is 17.5. The summed E-state index contributed by atoms with van der Waals surface area (Å²) in [7, 11) is -6.29. The van der Waals surface area contributed by atoms with E-state index in [-0.39, 0.29) is 0 Å². The summed E-state index contributed by atoms with van der Waals surface area (Å²) in [6.45, 7) is 40.2. The van der Waals surface area contributed by atoms with E-state index >= 15 is 0 Å². The van der Waals surface area contributed by atoms with Gasteiger partial charge in [-0.25, -0.2) is 0 Å². The highest BCUT2D eigenvalue weighted by atomic mass is 30.4. The van der Waals surface area contributed by atoms with E-state index in [0.717, 1.165) is 0 Å². The molecule has 0 aromatic heterocycles. The minimum atomic E-state index is -1.08. The summed E-state index contributed by atoms with van der Waals surface area (Å²) < 4.78 is 0. The van der Waals surface area contributed by atoms with Gasteiger partial charge in [-0.05, 0) is 0 Å². The Bertz CT molecular complexity index is 393. The van der Waals surface area contributed by atoms with E-state index in [1.54, 1.807) is 0 Å². The second-order valence-corrected chi connectivity index (χ2v) is 98.2. The molecule has 0 nitrogen and oxygen atoms in total. The van der Waals surface area contributed by atoms with Crippen LogP contribution in [-0.2, 0) is 0 Å². The van der Waals surface area contributed by atoms with Gasteiger partial charge in [-0.3, -0.25) is 0 Å². The van der Waals surface area contributed by atoms with E-state index in [0.29, 0.717) is 0 Å². The molecule has 0 aliphatic carbocycles. The molecule has 0 saturated carbocycles. The van der Waals surface area contributed by atoms with Gasteiger partial charge in [0.15, 0.2) is 0 Å². The third-order valence-corrected chi connectivity index (χ3v) is 214. The fourth-order valence-electron chi connectivity index (χ4n) is 8.16. The summed E-state index contributed by atoms with van der Waals surface area (Å²) in [5.41, 5.74) is 0. The van der Waals surface area contributed by atoms with Crippen LogP contribution in [-0.4, -0.2) is 49.8 Å². The van der Waals surface area contributed by atoms with E-state index < -0.39 is 49.8 Å². The quantitative estimate of drug-likeness (QED) is 0.530. The van der Waals surface area contributed by atoms with Crippen molar-refractivity contribution in [2.24, 2.45) is 0 Å². The van der Waals surface area contributed by atoms with E-state index in [9.17, 15) is 0 Å². The average Bonchev–Trinajstić information content (AvgIpc) is 2.15. The van der Waals surface area contributed by atoms with Gasteiger partial charge in [0.2, 0.25) is 0 Å². The topological polar surface area (TPSA) is 0 Å². The summed E-state index contributed by atoms with van der Waals surface area (Å²) >= 11 is 0. The first-order valence-electron chi connectivity index (χ1n) is 8.75. The molecule has 0 spiro atoms. The highest BCUT2D eigenvalue weighted by molar-refractivity contribution is 8.29. The molecule has 0 aromatic rings. The molecule has 0 N–H and O–H groups in total. The summed E-state index contributed by atoms with van der Waals surface area (Å²) in [5.74, 6) is 0. The largest absolute Gasteiger partial charge is 0.0739 e. The number of hydrogen-bond donors (Lipinski definition) is 0. The molecule has 1 aliphatic heterocycles. The molecule has 1 heterocycles. The summed E-state index contributed by atoms with van der Waals surface area (Å²) in [6.07, 6.45) is -1.08. The molecule has 0 amide bonds.